The second-order valence-electron chi connectivity index (χ2n) is 7.87. The van der Waals surface area contributed by atoms with Crippen molar-refractivity contribution in [2.45, 2.75) is 117 Å². The summed E-state index contributed by atoms with van der Waals surface area (Å²) >= 11 is 0. The van der Waals surface area contributed by atoms with Crippen LogP contribution in [0.15, 0.2) is 12.2 Å². The van der Waals surface area contributed by atoms with E-state index in [0.717, 1.165) is 33.4 Å². The highest BCUT2D eigenvalue weighted by molar-refractivity contribution is 5.63. The zero-order chi connectivity index (χ0) is 24.0. The molecule has 0 aromatic heterocycles. The Morgan fingerprint density at radius 3 is 1.45 bits per heavy atom. The maximum Gasteiger partial charge on any atom is 0.300 e. The molecule has 0 spiro atoms. The fourth-order valence-corrected chi connectivity index (χ4v) is 2.85. The van der Waals surface area contributed by atoms with E-state index in [-0.39, 0.29) is 0 Å². The van der Waals surface area contributed by atoms with Gasteiger partial charge >= 0.3 is 0 Å². The predicted octanol–water partition coefficient (Wildman–Crippen LogP) is 6.14. The first-order valence-corrected chi connectivity index (χ1v) is 12.3. The van der Waals surface area contributed by atoms with Crippen LogP contribution in [0.1, 0.15) is 117 Å². The van der Waals surface area contributed by atoms with E-state index in [1.807, 2.05) is 0 Å². The second-order valence-corrected chi connectivity index (χ2v) is 7.87. The van der Waals surface area contributed by atoms with Gasteiger partial charge < -0.3 is 21.3 Å². The summed E-state index contributed by atoms with van der Waals surface area (Å²) in [4.78, 5) is 18.0. The van der Waals surface area contributed by atoms with Crippen LogP contribution in [-0.2, 0) is 9.59 Å². The lowest BCUT2D eigenvalue weighted by Gasteiger charge is -2.03. The van der Waals surface area contributed by atoms with Gasteiger partial charge in [-0.25, -0.2) is 0 Å². The number of carbonyl (C=O) groups is 2. The third-order valence-corrected chi connectivity index (χ3v) is 4.42. The molecule has 0 aromatic carbocycles. The van der Waals surface area contributed by atoms with Crippen molar-refractivity contribution in [3.8, 4) is 0 Å². The van der Waals surface area contributed by atoms with Crippen LogP contribution in [0, 0.1) is 0 Å². The maximum atomic E-state index is 9.00. The Morgan fingerprint density at radius 1 is 0.677 bits per heavy atom. The van der Waals surface area contributed by atoms with Gasteiger partial charge in [0, 0.05) is 13.8 Å². The molecule has 0 aliphatic heterocycles. The van der Waals surface area contributed by atoms with Crippen LogP contribution in [0.2, 0.25) is 0 Å². The molecule has 5 N–H and O–H groups in total. The summed E-state index contributed by atoms with van der Waals surface area (Å²) < 4.78 is 0. The molecule has 0 rings (SSSR count). The second kappa shape index (κ2) is 33.2. The van der Waals surface area contributed by atoms with Crippen molar-refractivity contribution in [2.75, 3.05) is 19.6 Å². The Balaban J connectivity index is -0.000000832. The monoisotopic (exact) mass is 444 g/mol. The van der Waals surface area contributed by atoms with Crippen LogP contribution < -0.4 is 11.1 Å². The van der Waals surface area contributed by atoms with Crippen LogP contribution >= 0.6 is 0 Å². The highest BCUT2D eigenvalue weighted by Crippen LogP contribution is 2.09. The zero-order valence-electron chi connectivity index (χ0n) is 20.7. The third-order valence-electron chi connectivity index (χ3n) is 4.42. The lowest BCUT2D eigenvalue weighted by molar-refractivity contribution is -0.135. The number of nitrogens with one attached hydrogen (secondary N) is 1. The molecule has 0 aliphatic rings. The summed E-state index contributed by atoms with van der Waals surface area (Å²) in [5.41, 5.74) is 5.46. The predicted molar refractivity (Wildman–Crippen MR) is 133 cm³/mol. The van der Waals surface area contributed by atoms with Crippen LogP contribution in [0.5, 0.6) is 0 Å². The number of hydrogen-bond donors (Lipinski definition) is 4. The number of rotatable bonds is 19. The minimum Gasteiger partial charge on any atom is -0.481 e. The number of nitrogens with two attached hydrogens (primary N) is 1. The van der Waals surface area contributed by atoms with E-state index < -0.39 is 11.9 Å². The topological polar surface area (TPSA) is 113 Å². The van der Waals surface area contributed by atoms with Crippen molar-refractivity contribution < 1.29 is 19.8 Å². The van der Waals surface area contributed by atoms with Gasteiger partial charge in [0.25, 0.3) is 11.9 Å². The molecule has 0 saturated carbocycles. The fraction of sp³-hybridized carbons (Fsp3) is 0.840. The summed E-state index contributed by atoms with van der Waals surface area (Å²) in [5, 5.41) is 18.3. The van der Waals surface area contributed by atoms with Gasteiger partial charge in [-0.2, -0.15) is 0 Å². The van der Waals surface area contributed by atoms with E-state index in [2.05, 4.69) is 24.4 Å². The Morgan fingerprint density at radius 2 is 1.03 bits per heavy atom. The quantitative estimate of drug-likeness (QED) is 0.140. The molecule has 0 amide bonds. The van der Waals surface area contributed by atoms with E-state index in [0.29, 0.717) is 0 Å². The molecule has 0 saturated heterocycles. The Kier molecular flexibility index (Phi) is 36.7. The number of unbranched alkanes of at least 4 members (excludes halogenated alkanes) is 12. The van der Waals surface area contributed by atoms with Gasteiger partial charge in [-0.3, -0.25) is 9.59 Å². The van der Waals surface area contributed by atoms with Crippen molar-refractivity contribution in [1.29, 1.82) is 0 Å². The SMILES string of the molecule is CC(=O)O.CC(=O)O.CCCCCCCC/C=C/CCCCCCCCNCCCN. The van der Waals surface area contributed by atoms with Crippen LogP contribution in [-0.4, -0.2) is 41.8 Å². The molecule has 0 aromatic rings. The lowest BCUT2D eigenvalue weighted by atomic mass is 10.1. The molecule has 0 radical (unpaired) electrons. The zero-order valence-corrected chi connectivity index (χ0v) is 20.7. The average Bonchev–Trinajstić information content (AvgIpc) is 2.69. The van der Waals surface area contributed by atoms with Gasteiger partial charge in [-0.05, 0) is 58.2 Å². The molecule has 0 heterocycles. The summed E-state index contributed by atoms with van der Waals surface area (Å²) in [6.07, 6.45) is 25.3. The van der Waals surface area contributed by atoms with Crippen LogP contribution in [0.3, 0.4) is 0 Å². The van der Waals surface area contributed by atoms with Crippen molar-refractivity contribution in [2.24, 2.45) is 5.73 Å². The minimum atomic E-state index is -0.833. The van der Waals surface area contributed by atoms with E-state index in [1.165, 1.54) is 96.4 Å². The van der Waals surface area contributed by atoms with Crippen molar-refractivity contribution in [1.82, 2.24) is 5.32 Å². The van der Waals surface area contributed by atoms with E-state index in [1.54, 1.807) is 0 Å². The third kappa shape index (κ3) is 58.5. The first kappa shape index (κ1) is 34.2. The van der Waals surface area contributed by atoms with Gasteiger partial charge in [0.1, 0.15) is 0 Å². The summed E-state index contributed by atoms with van der Waals surface area (Å²) in [5.74, 6) is -1.67. The first-order valence-electron chi connectivity index (χ1n) is 12.3. The molecular formula is C25H52N2O4. The molecule has 0 bridgehead atoms. The molecule has 0 fully saturated rings. The summed E-state index contributed by atoms with van der Waals surface area (Å²) in [6, 6.07) is 0. The molecule has 31 heavy (non-hydrogen) atoms. The normalized spacial score (nSPS) is 10.2. The molecule has 6 heteroatoms. The summed E-state index contributed by atoms with van der Waals surface area (Å²) in [6.45, 7) is 7.51. The maximum absolute atomic E-state index is 9.00. The largest absolute Gasteiger partial charge is 0.481 e. The molecule has 0 aliphatic carbocycles. The van der Waals surface area contributed by atoms with Gasteiger partial charge in [0.2, 0.25) is 0 Å². The van der Waals surface area contributed by atoms with Gasteiger partial charge in [-0.15, -0.1) is 0 Å². The standard InChI is InChI=1S/C21H44N2.2C2H4O2/c1-2-3-4-5-6-7-8-9-10-11-12-13-14-15-16-17-20-23-21-18-19-22;2*1-2(3)4/h9-10,23H,2-8,11-22H2,1H3;2*1H3,(H,3,4)/b10-9+;;. The van der Waals surface area contributed by atoms with E-state index in [4.69, 9.17) is 25.5 Å². The highest BCUT2D eigenvalue weighted by Gasteiger charge is 1.92. The van der Waals surface area contributed by atoms with E-state index in [9.17, 15) is 0 Å². The first-order chi connectivity index (χ1) is 14.9. The Bertz CT molecular complexity index is 368. The average molecular weight is 445 g/mol. The summed E-state index contributed by atoms with van der Waals surface area (Å²) in [7, 11) is 0. The van der Waals surface area contributed by atoms with Crippen molar-refractivity contribution in [3.05, 3.63) is 12.2 Å². The van der Waals surface area contributed by atoms with E-state index >= 15 is 0 Å². The smallest absolute Gasteiger partial charge is 0.300 e. The number of carboxylic acids is 2. The fourth-order valence-electron chi connectivity index (χ4n) is 2.85. The van der Waals surface area contributed by atoms with Crippen LogP contribution in [0.25, 0.3) is 0 Å². The van der Waals surface area contributed by atoms with Gasteiger partial charge in [0.05, 0.1) is 0 Å². The molecule has 6 nitrogen and oxygen atoms in total. The Labute approximate surface area is 192 Å². The highest BCUT2D eigenvalue weighted by atomic mass is 16.4. The molecule has 0 atom stereocenters. The van der Waals surface area contributed by atoms with Crippen molar-refractivity contribution in [3.63, 3.8) is 0 Å². The van der Waals surface area contributed by atoms with Crippen LogP contribution in [0.4, 0.5) is 0 Å². The Hall–Kier alpha value is -1.40. The molecule has 186 valence electrons. The van der Waals surface area contributed by atoms with Gasteiger partial charge in [0.15, 0.2) is 0 Å². The number of carboxylic acid groups (broad SMARTS) is 2. The number of allylic oxidation sites excluding steroid dienone is 2. The lowest BCUT2D eigenvalue weighted by Crippen LogP contribution is -2.19. The number of aliphatic carboxylic acids is 2. The molecule has 0 unspecified atom stereocenters. The number of hydrogen-bond acceptors (Lipinski definition) is 4. The van der Waals surface area contributed by atoms with Gasteiger partial charge in [-0.1, -0.05) is 76.9 Å². The van der Waals surface area contributed by atoms with Crippen molar-refractivity contribution >= 4 is 11.9 Å². The molecular weight excluding hydrogens is 392 g/mol. The minimum absolute atomic E-state index is 0.806.